The third-order valence-electron chi connectivity index (χ3n) is 3.72. The fourth-order valence-electron chi connectivity index (χ4n) is 2.35. The number of carbonyl (C=O) groups is 2. The molecule has 0 aliphatic carbocycles. The molecule has 0 N–H and O–H groups in total. The molecule has 25 heavy (non-hydrogen) atoms. The van der Waals surface area contributed by atoms with Crippen LogP contribution in [0.25, 0.3) is 10.8 Å². The Hall–Kier alpha value is -2.66. The van der Waals surface area contributed by atoms with Crippen molar-refractivity contribution in [1.29, 1.82) is 0 Å². The van der Waals surface area contributed by atoms with E-state index in [9.17, 15) is 9.59 Å². The molecule has 0 aliphatic heterocycles. The molecule has 2 rings (SSSR count). The van der Waals surface area contributed by atoms with Gasteiger partial charge < -0.3 is 4.74 Å². The van der Waals surface area contributed by atoms with Crippen molar-refractivity contribution in [2.75, 3.05) is 27.2 Å². The van der Waals surface area contributed by atoms with Gasteiger partial charge in [0, 0.05) is 5.57 Å². The predicted molar refractivity (Wildman–Crippen MR) is 96.5 cm³/mol. The molecule has 5 heteroatoms. The highest BCUT2D eigenvalue weighted by Crippen LogP contribution is 2.16. The van der Waals surface area contributed by atoms with Gasteiger partial charge in [-0.3, -0.25) is 4.84 Å². The van der Waals surface area contributed by atoms with E-state index in [1.807, 2.05) is 42.5 Å². The van der Waals surface area contributed by atoms with Gasteiger partial charge in [0.2, 0.25) is 0 Å². The Bertz CT molecular complexity index is 795. The maximum Gasteiger partial charge on any atom is 0.370 e. The predicted octanol–water partition coefficient (Wildman–Crippen LogP) is 3.04. The van der Waals surface area contributed by atoms with Crippen LogP contribution < -0.4 is 0 Å². The highest BCUT2D eigenvalue weighted by molar-refractivity contribution is 5.87. The molecule has 0 saturated carbocycles. The molecular formula is C20H24NO4+. The van der Waals surface area contributed by atoms with Crippen LogP contribution in [0.1, 0.15) is 12.5 Å². The molecule has 2 aromatic carbocycles. The summed E-state index contributed by atoms with van der Waals surface area (Å²) in [6.45, 7) is 5.63. The molecule has 0 amide bonds. The summed E-state index contributed by atoms with van der Waals surface area (Å²) >= 11 is 0. The number of hydroxylamine groups is 3. The summed E-state index contributed by atoms with van der Waals surface area (Å²) in [5.41, 5.74) is 1.25. The van der Waals surface area contributed by atoms with E-state index in [2.05, 4.69) is 6.58 Å². The smallest absolute Gasteiger partial charge is 0.370 e. The quantitative estimate of drug-likeness (QED) is 0.336. The first-order valence-corrected chi connectivity index (χ1v) is 8.12. The SMILES string of the molecule is C=C(C)C(=O)OCC[N+](C)(C)OC(=O)Cc1ccc2ccccc2c1. The molecule has 0 fully saturated rings. The Kier molecular flexibility index (Phi) is 5.93. The van der Waals surface area contributed by atoms with E-state index in [-0.39, 0.29) is 23.6 Å². The Balaban J connectivity index is 1.88. The van der Waals surface area contributed by atoms with Gasteiger partial charge >= 0.3 is 11.9 Å². The Morgan fingerprint density at radius 3 is 2.44 bits per heavy atom. The van der Waals surface area contributed by atoms with Crippen molar-refractivity contribution in [3.05, 3.63) is 60.2 Å². The second-order valence-electron chi connectivity index (χ2n) is 6.54. The number of benzene rings is 2. The third kappa shape index (κ3) is 5.72. The van der Waals surface area contributed by atoms with Gasteiger partial charge in [0.15, 0.2) is 6.54 Å². The average molecular weight is 342 g/mol. The second kappa shape index (κ2) is 7.94. The van der Waals surface area contributed by atoms with Crippen LogP contribution in [0.4, 0.5) is 0 Å². The summed E-state index contributed by atoms with van der Waals surface area (Å²) in [7, 11) is 3.49. The number of fused-ring (bicyclic) bond motifs is 1. The standard InChI is InChI=1S/C20H24NO4/c1-15(2)20(23)24-12-11-21(3,4)25-19(22)14-16-9-10-17-7-5-6-8-18(17)13-16/h5-10,13H,1,11-12,14H2,2-4H3/q+1. The first-order valence-electron chi connectivity index (χ1n) is 8.12. The minimum atomic E-state index is -0.442. The highest BCUT2D eigenvalue weighted by Gasteiger charge is 2.23. The Morgan fingerprint density at radius 2 is 1.76 bits per heavy atom. The summed E-state index contributed by atoms with van der Waals surface area (Å²) in [6.07, 6.45) is 0.193. The largest absolute Gasteiger partial charge is 0.456 e. The van der Waals surface area contributed by atoms with Gasteiger partial charge in [-0.1, -0.05) is 49.0 Å². The Labute approximate surface area is 148 Å². The van der Waals surface area contributed by atoms with Crippen LogP contribution in [0.5, 0.6) is 0 Å². The zero-order chi connectivity index (χ0) is 18.4. The molecule has 0 radical (unpaired) electrons. The lowest BCUT2D eigenvalue weighted by Crippen LogP contribution is -2.44. The van der Waals surface area contributed by atoms with E-state index < -0.39 is 5.97 Å². The van der Waals surface area contributed by atoms with Crippen molar-refractivity contribution < 1.29 is 23.8 Å². The molecular weight excluding hydrogens is 318 g/mol. The number of nitrogens with zero attached hydrogens (tertiary/aromatic N) is 1. The van der Waals surface area contributed by atoms with E-state index in [1.54, 1.807) is 21.0 Å². The number of likely N-dealkylation sites (N-methyl/N-ethyl adjacent to an activating group) is 1. The third-order valence-corrected chi connectivity index (χ3v) is 3.72. The van der Waals surface area contributed by atoms with Crippen LogP contribution in [-0.2, 0) is 25.6 Å². The molecule has 0 saturated heterocycles. The molecule has 0 bridgehead atoms. The van der Waals surface area contributed by atoms with E-state index >= 15 is 0 Å². The minimum absolute atomic E-state index is 0.0180. The summed E-state index contributed by atoms with van der Waals surface area (Å²) in [5.74, 6) is -0.769. The monoisotopic (exact) mass is 342 g/mol. The lowest BCUT2D eigenvalue weighted by atomic mass is 10.1. The number of ether oxygens (including phenoxy) is 1. The molecule has 0 aliphatic rings. The van der Waals surface area contributed by atoms with E-state index in [0.29, 0.717) is 12.1 Å². The van der Waals surface area contributed by atoms with Gasteiger partial charge in [-0.05, 0) is 23.3 Å². The summed E-state index contributed by atoms with van der Waals surface area (Å²) < 4.78 is 5.02. The molecule has 132 valence electrons. The zero-order valence-corrected chi connectivity index (χ0v) is 15.0. The second-order valence-corrected chi connectivity index (χ2v) is 6.54. The van der Waals surface area contributed by atoms with Crippen LogP contribution >= 0.6 is 0 Å². The van der Waals surface area contributed by atoms with Crippen LogP contribution in [0.3, 0.4) is 0 Å². The molecule has 0 spiro atoms. The van der Waals surface area contributed by atoms with Crippen LogP contribution in [-0.4, -0.2) is 43.8 Å². The van der Waals surface area contributed by atoms with Gasteiger partial charge in [-0.15, -0.1) is 4.65 Å². The van der Waals surface area contributed by atoms with Crippen LogP contribution in [0.15, 0.2) is 54.6 Å². The van der Waals surface area contributed by atoms with Gasteiger partial charge in [0.05, 0.1) is 6.42 Å². The average Bonchev–Trinajstić information content (AvgIpc) is 2.53. The lowest BCUT2D eigenvalue weighted by Gasteiger charge is -2.25. The number of hydrogen-bond donors (Lipinski definition) is 0. The summed E-state index contributed by atoms with van der Waals surface area (Å²) in [6, 6.07) is 13.9. The van der Waals surface area contributed by atoms with Crippen molar-refractivity contribution in [3.8, 4) is 0 Å². The van der Waals surface area contributed by atoms with Crippen LogP contribution in [0, 0.1) is 0 Å². The summed E-state index contributed by atoms with van der Waals surface area (Å²) in [4.78, 5) is 29.1. The van der Waals surface area contributed by atoms with Crippen molar-refractivity contribution in [3.63, 3.8) is 0 Å². The van der Waals surface area contributed by atoms with Gasteiger partial charge in [-0.25, -0.2) is 9.59 Å². The minimum Gasteiger partial charge on any atom is -0.456 e. The maximum absolute atomic E-state index is 12.2. The first-order chi connectivity index (χ1) is 11.8. The Morgan fingerprint density at radius 1 is 1.08 bits per heavy atom. The topological polar surface area (TPSA) is 52.6 Å². The van der Waals surface area contributed by atoms with Crippen molar-refractivity contribution in [2.24, 2.45) is 0 Å². The normalized spacial score (nSPS) is 11.2. The van der Waals surface area contributed by atoms with Gasteiger partial charge in [0.25, 0.3) is 0 Å². The molecule has 0 aromatic heterocycles. The van der Waals surface area contributed by atoms with E-state index in [0.717, 1.165) is 16.3 Å². The molecule has 0 heterocycles. The fourth-order valence-corrected chi connectivity index (χ4v) is 2.35. The van der Waals surface area contributed by atoms with Crippen molar-refractivity contribution in [1.82, 2.24) is 0 Å². The first kappa shape index (κ1) is 18.7. The van der Waals surface area contributed by atoms with Crippen LogP contribution in [0.2, 0.25) is 0 Å². The van der Waals surface area contributed by atoms with Crippen molar-refractivity contribution in [2.45, 2.75) is 13.3 Å². The number of rotatable bonds is 7. The zero-order valence-electron chi connectivity index (χ0n) is 15.0. The molecule has 2 aromatic rings. The van der Waals surface area contributed by atoms with Crippen molar-refractivity contribution >= 4 is 22.7 Å². The highest BCUT2D eigenvalue weighted by atomic mass is 16.7. The van der Waals surface area contributed by atoms with E-state index in [1.165, 1.54) is 0 Å². The van der Waals surface area contributed by atoms with E-state index in [4.69, 9.17) is 9.57 Å². The number of carbonyl (C=O) groups excluding carboxylic acids is 2. The maximum atomic E-state index is 12.2. The molecule has 0 atom stereocenters. The summed E-state index contributed by atoms with van der Waals surface area (Å²) in [5, 5.41) is 2.23. The number of hydrogen-bond acceptors (Lipinski definition) is 4. The van der Waals surface area contributed by atoms with Gasteiger partial charge in [0.1, 0.15) is 20.7 Å². The molecule has 5 nitrogen and oxygen atoms in total. The lowest BCUT2D eigenvalue weighted by molar-refractivity contribution is -1.06. The van der Waals surface area contributed by atoms with Gasteiger partial charge in [-0.2, -0.15) is 0 Å². The number of esters is 1. The molecule has 0 unspecified atom stereocenters. The fraction of sp³-hybridized carbons (Fsp3) is 0.300. The number of quaternary nitrogens is 1.